The van der Waals surface area contributed by atoms with Crippen molar-refractivity contribution in [2.75, 3.05) is 6.54 Å². The number of aliphatic carboxylic acids is 1. The molecule has 1 aromatic carbocycles. The first-order valence-electron chi connectivity index (χ1n) is 7.58. The predicted molar refractivity (Wildman–Crippen MR) is 81.3 cm³/mol. The maximum atomic E-state index is 11.2. The number of furan rings is 1. The topological polar surface area (TPSA) is 53.7 Å². The number of aryl methyl sites for hydroxylation is 1. The summed E-state index contributed by atoms with van der Waals surface area (Å²) in [6.07, 6.45) is 4.60. The van der Waals surface area contributed by atoms with Crippen molar-refractivity contribution in [3.05, 3.63) is 35.6 Å². The van der Waals surface area contributed by atoms with Gasteiger partial charge in [0, 0.05) is 23.5 Å². The zero-order valence-corrected chi connectivity index (χ0v) is 12.3. The number of hydrogen-bond acceptors (Lipinski definition) is 3. The average Bonchev–Trinajstić information content (AvgIpc) is 3.06. The van der Waals surface area contributed by atoms with Crippen LogP contribution in [-0.4, -0.2) is 28.6 Å². The Balaban J connectivity index is 1.89. The van der Waals surface area contributed by atoms with Crippen LogP contribution in [0.3, 0.4) is 0 Å². The Morgan fingerprint density at radius 2 is 2.05 bits per heavy atom. The second-order valence-corrected chi connectivity index (χ2v) is 5.87. The van der Waals surface area contributed by atoms with Crippen LogP contribution in [0.2, 0.25) is 0 Å². The smallest absolute Gasteiger partial charge is 0.317 e. The van der Waals surface area contributed by atoms with Gasteiger partial charge in [0.05, 0.1) is 6.54 Å². The Hall–Kier alpha value is -1.81. The molecule has 1 saturated carbocycles. The molecule has 0 unspecified atom stereocenters. The molecule has 1 fully saturated rings. The fourth-order valence-electron chi connectivity index (χ4n) is 3.38. The van der Waals surface area contributed by atoms with Crippen molar-refractivity contribution in [3.8, 4) is 0 Å². The molecule has 112 valence electrons. The highest BCUT2D eigenvalue weighted by Crippen LogP contribution is 2.30. The molecule has 0 aliphatic heterocycles. The maximum absolute atomic E-state index is 11.2. The minimum absolute atomic E-state index is 0.101. The summed E-state index contributed by atoms with van der Waals surface area (Å²) in [6, 6.07) is 8.35. The molecular formula is C17H21NO3. The van der Waals surface area contributed by atoms with Gasteiger partial charge in [-0.25, -0.2) is 0 Å². The van der Waals surface area contributed by atoms with Gasteiger partial charge in [-0.1, -0.05) is 31.0 Å². The van der Waals surface area contributed by atoms with Gasteiger partial charge < -0.3 is 9.52 Å². The molecule has 0 saturated heterocycles. The van der Waals surface area contributed by atoms with Crippen molar-refractivity contribution in [1.29, 1.82) is 0 Å². The largest absolute Gasteiger partial charge is 0.480 e. The number of carboxylic acids is 1. The molecule has 0 atom stereocenters. The zero-order chi connectivity index (χ0) is 14.8. The number of fused-ring (bicyclic) bond motifs is 1. The number of carboxylic acid groups (broad SMARTS) is 1. The van der Waals surface area contributed by atoms with E-state index in [1.807, 2.05) is 25.1 Å². The molecule has 1 aromatic heterocycles. The van der Waals surface area contributed by atoms with Crippen molar-refractivity contribution >= 4 is 16.9 Å². The summed E-state index contributed by atoms with van der Waals surface area (Å²) in [5.41, 5.74) is 2.01. The Morgan fingerprint density at radius 3 is 2.76 bits per heavy atom. The summed E-state index contributed by atoms with van der Waals surface area (Å²) in [5, 5.41) is 10.3. The molecule has 2 aromatic rings. The highest BCUT2D eigenvalue weighted by atomic mass is 16.4. The lowest BCUT2D eigenvalue weighted by molar-refractivity contribution is -0.139. The third kappa shape index (κ3) is 2.95. The van der Waals surface area contributed by atoms with Gasteiger partial charge in [0.25, 0.3) is 0 Å². The Morgan fingerprint density at radius 1 is 1.33 bits per heavy atom. The van der Waals surface area contributed by atoms with Crippen molar-refractivity contribution in [2.24, 2.45) is 0 Å². The zero-order valence-electron chi connectivity index (χ0n) is 12.3. The quantitative estimate of drug-likeness (QED) is 0.913. The van der Waals surface area contributed by atoms with Crippen molar-refractivity contribution in [3.63, 3.8) is 0 Å². The van der Waals surface area contributed by atoms with Gasteiger partial charge in [-0.3, -0.25) is 9.69 Å². The lowest BCUT2D eigenvalue weighted by atomic mass is 10.1. The monoisotopic (exact) mass is 287 g/mol. The molecule has 0 spiro atoms. The summed E-state index contributed by atoms with van der Waals surface area (Å²) in [4.78, 5) is 13.3. The van der Waals surface area contributed by atoms with E-state index in [2.05, 4.69) is 11.0 Å². The molecule has 1 aliphatic carbocycles. The third-order valence-electron chi connectivity index (χ3n) is 4.44. The molecule has 21 heavy (non-hydrogen) atoms. The van der Waals surface area contributed by atoms with Crippen LogP contribution in [0.4, 0.5) is 0 Å². The Kier molecular flexibility index (Phi) is 3.97. The highest BCUT2D eigenvalue weighted by Gasteiger charge is 2.26. The summed E-state index contributed by atoms with van der Waals surface area (Å²) >= 11 is 0. The first-order chi connectivity index (χ1) is 10.1. The van der Waals surface area contributed by atoms with E-state index in [0.717, 1.165) is 35.1 Å². The number of benzene rings is 1. The van der Waals surface area contributed by atoms with Crippen LogP contribution in [0.25, 0.3) is 11.0 Å². The number of hydrogen-bond donors (Lipinski definition) is 1. The molecule has 0 radical (unpaired) electrons. The number of carbonyl (C=O) groups is 1. The molecule has 1 heterocycles. The summed E-state index contributed by atoms with van der Waals surface area (Å²) in [7, 11) is 0. The van der Waals surface area contributed by atoms with E-state index in [4.69, 9.17) is 4.42 Å². The van der Waals surface area contributed by atoms with E-state index >= 15 is 0 Å². The van der Waals surface area contributed by atoms with Crippen molar-refractivity contribution < 1.29 is 14.3 Å². The molecule has 4 heteroatoms. The predicted octanol–water partition coefficient (Wildman–Crippen LogP) is 3.57. The minimum Gasteiger partial charge on any atom is -0.480 e. The van der Waals surface area contributed by atoms with Crippen LogP contribution in [-0.2, 0) is 11.3 Å². The van der Waals surface area contributed by atoms with E-state index in [1.54, 1.807) is 0 Å². The third-order valence-corrected chi connectivity index (χ3v) is 4.44. The second kappa shape index (κ2) is 5.90. The first kappa shape index (κ1) is 14.1. The van der Waals surface area contributed by atoms with Gasteiger partial charge in [-0.15, -0.1) is 0 Å². The lowest BCUT2D eigenvalue weighted by Gasteiger charge is -2.27. The standard InChI is InChI=1S/C17H21NO3/c1-12-15(14-8-4-5-9-16(14)21-12)10-18(11-17(19)20)13-6-2-3-7-13/h4-5,8-9,13H,2-3,6-7,10-11H2,1H3,(H,19,20). The van der Waals surface area contributed by atoms with E-state index in [1.165, 1.54) is 12.8 Å². The van der Waals surface area contributed by atoms with E-state index < -0.39 is 5.97 Å². The van der Waals surface area contributed by atoms with Crippen molar-refractivity contribution in [2.45, 2.75) is 45.2 Å². The van der Waals surface area contributed by atoms with Crippen LogP contribution < -0.4 is 0 Å². The van der Waals surface area contributed by atoms with E-state index in [0.29, 0.717) is 12.6 Å². The molecule has 0 bridgehead atoms. The number of rotatable bonds is 5. The van der Waals surface area contributed by atoms with Gasteiger partial charge >= 0.3 is 5.97 Å². The molecule has 1 aliphatic rings. The molecular weight excluding hydrogens is 266 g/mol. The SMILES string of the molecule is Cc1oc2ccccc2c1CN(CC(=O)O)C1CCCC1. The summed E-state index contributed by atoms with van der Waals surface area (Å²) in [6.45, 7) is 2.71. The molecule has 4 nitrogen and oxygen atoms in total. The van der Waals surface area contributed by atoms with Crippen LogP contribution in [0.15, 0.2) is 28.7 Å². The number of nitrogens with zero attached hydrogens (tertiary/aromatic N) is 1. The highest BCUT2D eigenvalue weighted by molar-refractivity contribution is 5.82. The van der Waals surface area contributed by atoms with Crippen molar-refractivity contribution in [1.82, 2.24) is 4.90 Å². The summed E-state index contributed by atoms with van der Waals surface area (Å²) in [5.74, 6) is 0.136. The van der Waals surface area contributed by atoms with Crippen LogP contribution >= 0.6 is 0 Å². The van der Waals surface area contributed by atoms with E-state index in [-0.39, 0.29) is 6.54 Å². The van der Waals surface area contributed by atoms with Gasteiger partial charge in [-0.2, -0.15) is 0 Å². The van der Waals surface area contributed by atoms with Crippen LogP contribution in [0, 0.1) is 6.92 Å². The molecule has 1 N–H and O–H groups in total. The van der Waals surface area contributed by atoms with Crippen LogP contribution in [0.5, 0.6) is 0 Å². The fraction of sp³-hybridized carbons (Fsp3) is 0.471. The summed E-state index contributed by atoms with van der Waals surface area (Å²) < 4.78 is 5.79. The number of para-hydroxylation sites is 1. The van der Waals surface area contributed by atoms with Gasteiger partial charge in [0.2, 0.25) is 0 Å². The van der Waals surface area contributed by atoms with Gasteiger partial charge in [0.1, 0.15) is 11.3 Å². The van der Waals surface area contributed by atoms with Gasteiger partial charge in [-0.05, 0) is 25.8 Å². The van der Waals surface area contributed by atoms with Gasteiger partial charge in [0.15, 0.2) is 0 Å². The Bertz CT molecular complexity index is 641. The Labute approximate surface area is 124 Å². The normalized spacial score (nSPS) is 16.1. The first-order valence-corrected chi connectivity index (χ1v) is 7.58. The fourth-order valence-corrected chi connectivity index (χ4v) is 3.38. The average molecular weight is 287 g/mol. The van der Waals surface area contributed by atoms with E-state index in [9.17, 15) is 9.90 Å². The minimum atomic E-state index is -0.757. The molecule has 3 rings (SSSR count). The maximum Gasteiger partial charge on any atom is 0.317 e. The van der Waals surface area contributed by atoms with Crippen LogP contribution in [0.1, 0.15) is 37.0 Å². The molecule has 0 amide bonds. The lowest BCUT2D eigenvalue weighted by Crippen LogP contribution is -2.37. The second-order valence-electron chi connectivity index (χ2n) is 5.87.